The van der Waals surface area contributed by atoms with Crippen molar-refractivity contribution >= 4 is 17.8 Å². The lowest BCUT2D eigenvalue weighted by Gasteiger charge is -2.27. The largest absolute Gasteiger partial charge is 0.480 e. The normalized spacial score (nSPS) is 17.4. The summed E-state index contributed by atoms with van der Waals surface area (Å²) in [6.45, 7) is 1.77. The van der Waals surface area contributed by atoms with E-state index in [2.05, 4.69) is 5.32 Å². The van der Waals surface area contributed by atoms with E-state index in [1.807, 2.05) is 30.3 Å². The number of aliphatic carboxylic acids is 2. The molecule has 0 saturated carbocycles. The zero-order valence-electron chi connectivity index (χ0n) is 16.1. The van der Waals surface area contributed by atoms with Gasteiger partial charge in [0.15, 0.2) is 6.04 Å². The predicted octanol–water partition coefficient (Wildman–Crippen LogP) is 2.22. The quantitative estimate of drug-likeness (QED) is 0.632. The first-order valence-electron chi connectivity index (χ1n) is 9.52. The average Bonchev–Trinajstić information content (AvgIpc) is 3.10. The van der Waals surface area contributed by atoms with Crippen molar-refractivity contribution in [1.82, 2.24) is 10.2 Å². The van der Waals surface area contributed by atoms with Gasteiger partial charge in [0.25, 0.3) is 0 Å². The Bertz CT molecular complexity index is 899. The van der Waals surface area contributed by atoms with E-state index in [1.54, 1.807) is 31.2 Å². The first kappa shape index (κ1) is 20.5. The van der Waals surface area contributed by atoms with Gasteiger partial charge >= 0.3 is 11.9 Å². The summed E-state index contributed by atoms with van der Waals surface area (Å²) in [6, 6.07) is 13.8. The Morgan fingerprint density at radius 2 is 1.72 bits per heavy atom. The molecule has 152 valence electrons. The van der Waals surface area contributed by atoms with Crippen molar-refractivity contribution in [2.45, 2.75) is 44.4 Å². The summed E-state index contributed by atoms with van der Waals surface area (Å²) in [4.78, 5) is 37.7. The number of nitrogens with one attached hydrogen (secondary N) is 1. The third kappa shape index (κ3) is 4.63. The first-order chi connectivity index (χ1) is 13.9. The molecule has 1 amide bonds. The summed E-state index contributed by atoms with van der Waals surface area (Å²) in [7, 11) is 0. The van der Waals surface area contributed by atoms with Crippen LogP contribution in [0.1, 0.15) is 36.1 Å². The Balaban J connectivity index is 1.68. The molecule has 1 aliphatic heterocycles. The second-order valence-electron chi connectivity index (χ2n) is 7.21. The molecule has 3 N–H and O–H groups in total. The molecule has 0 radical (unpaired) electrons. The molecule has 3 atom stereocenters. The summed E-state index contributed by atoms with van der Waals surface area (Å²) in [5.41, 5.74) is 2.40. The van der Waals surface area contributed by atoms with Gasteiger partial charge in [0.05, 0.1) is 6.04 Å². The Labute approximate surface area is 169 Å². The van der Waals surface area contributed by atoms with Crippen LogP contribution >= 0.6 is 0 Å². The average molecular weight is 396 g/mol. The number of benzene rings is 2. The molecule has 7 heteroatoms. The monoisotopic (exact) mass is 396 g/mol. The van der Waals surface area contributed by atoms with Crippen molar-refractivity contribution in [1.29, 1.82) is 0 Å². The molecular formula is C22H24N2O5. The molecule has 0 spiro atoms. The van der Waals surface area contributed by atoms with Gasteiger partial charge in [0, 0.05) is 6.54 Å². The maximum Gasteiger partial charge on any atom is 0.331 e. The van der Waals surface area contributed by atoms with Gasteiger partial charge in [-0.25, -0.2) is 4.79 Å². The molecule has 0 fully saturated rings. The van der Waals surface area contributed by atoms with Gasteiger partial charge in [-0.1, -0.05) is 54.6 Å². The van der Waals surface area contributed by atoms with Crippen LogP contribution in [-0.2, 0) is 27.3 Å². The first-order valence-corrected chi connectivity index (χ1v) is 9.52. The third-order valence-corrected chi connectivity index (χ3v) is 5.20. The molecule has 2 aromatic rings. The van der Waals surface area contributed by atoms with Crippen LogP contribution in [0.15, 0.2) is 54.6 Å². The lowest BCUT2D eigenvalue weighted by atomic mass is 10.0. The summed E-state index contributed by atoms with van der Waals surface area (Å²) < 4.78 is 0. The van der Waals surface area contributed by atoms with E-state index in [-0.39, 0.29) is 6.54 Å². The predicted molar refractivity (Wildman–Crippen MR) is 106 cm³/mol. The highest BCUT2D eigenvalue weighted by Gasteiger charge is 2.40. The van der Waals surface area contributed by atoms with Crippen molar-refractivity contribution in [2.75, 3.05) is 0 Å². The highest BCUT2D eigenvalue weighted by molar-refractivity contribution is 5.89. The molecule has 1 aliphatic rings. The maximum atomic E-state index is 13.0. The van der Waals surface area contributed by atoms with Crippen LogP contribution in [0.2, 0.25) is 0 Å². The number of carbonyl (C=O) groups is 3. The van der Waals surface area contributed by atoms with Crippen molar-refractivity contribution in [2.24, 2.45) is 0 Å². The van der Waals surface area contributed by atoms with E-state index in [1.165, 1.54) is 4.90 Å². The standard InChI is InChI=1S/C22H24N2O5/c1-14(23-18(21(26)27)12-11-15-7-3-2-4-8-15)20(25)24-13-16-9-5-6-10-17(16)19(24)22(28)29/h2-10,14,18-19,23H,11-13H2,1H3,(H,26,27)(H,28,29). The van der Waals surface area contributed by atoms with Crippen LogP contribution < -0.4 is 5.32 Å². The molecule has 0 aliphatic carbocycles. The minimum absolute atomic E-state index is 0.194. The molecular weight excluding hydrogens is 372 g/mol. The van der Waals surface area contributed by atoms with Gasteiger partial charge in [-0.05, 0) is 36.5 Å². The van der Waals surface area contributed by atoms with Crippen molar-refractivity contribution in [3.05, 3.63) is 71.3 Å². The zero-order chi connectivity index (χ0) is 21.0. The number of nitrogens with zero attached hydrogens (tertiary/aromatic N) is 1. The Kier molecular flexibility index (Phi) is 6.29. The maximum absolute atomic E-state index is 13.0. The number of carboxylic acid groups (broad SMARTS) is 2. The fourth-order valence-corrected chi connectivity index (χ4v) is 3.71. The number of fused-ring (bicyclic) bond motifs is 1. The van der Waals surface area contributed by atoms with Crippen LogP contribution in [0.5, 0.6) is 0 Å². The Hall–Kier alpha value is -3.19. The van der Waals surface area contributed by atoms with Gasteiger partial charge in [-0.3, -0.25) is 14.9 Å². The smallest absolute Gasteiger partial charge is 0.331 e. The van der Waals surface area contributed by atoms with E-state index in [0.717, 1.165) is 11.1 Å². The lowest BCUT2D eigenvalue weighted by Crippen LogP contribution is -2.51. The van der Waals surface area contributed by atoms with Crippen molar-refractivity contribution < 1.29 is 24.6 Å². The van der Waals surface area contributed by atoms with Gasteiger partial charge in [-0.15, -0.1) is 0 Å². The van der Waals surface area contributed by atoms with Crippen LogP contribution in [0, 0.1) is 0 Å². The molecule has 0 aromatic heterocycles. The van der Waals surface area contributed by atoms with Gasteiger partial charge in [0.2, 0.25) is 5.91 Å². The second-order valence-corrected chi connectivity index (χ2v) is 7.21. The third-order valence-electron chi connectivity index (χ3n) is 5.20. The summed E-state index contributed by atoms with van der Waals surface area (Å²) in [5.74, 6) is -2.58. The van der Waals surface area contributed by atoms with Crippen molar-refractivity contribution in [3.8, 4) is 0 Å². The molecule has 3 rings (SSSR count). The van der Waals surface area contributed by atoms with E-state index in [0.29, 0.717) is 18.4 Å². The second kappa shape index (κ2) is 8.87. The molecule has 0 bridgehead atoms. The minimum atomic E-state index is -1.10. The number of amides is 1. The number of hydrogen-bond donors (Lipinski definition) is 3. The number of rotatable bonds is 8. The fourth-order valence-electron chi connectivity index (χ4n) is 3.71. The SMILES string of the molecule is CC(NC(CCc1ccccc1)C(=O)O)C(=O)N1Cc2ccccc2C1C(=O)O. The van der Waals surface area contributed by atoms with E-state index in [9.17, 15) is 24.6 Å². The molecule has 2 aromatic carbocycles. The van der Waals surface area contributed by atoms with Crippen LogP contribution in [-0.4, -0.2) is 45.0 Å². The number of carbonyl (C=O) groups excluding carboxylic acids is 1. The zero-order valence-corrected chi connectivity index (χ0v) is 16.1. The molecule has 7 nitrogen and oxygen atoms in total. The topological polar surface area (TPSA) is 107 Å². The van der Waals surface area contributed by atoms with Gasteiger partial charge < -0.3 is 15.1 Å². The van der Waals surface area contributed by atoms with Gasteiger partial charge in [0.1, 0.15) is 6.04 Å². The molecule has 0 saturated heterocycles. The number of carboxylic acids is 2. The molecule has 29 heavy (non-hydrogen) atoms. The minimum Gasteiger partial charge on any atom is -0.480 e. The highest BCUT2D eigenvalue weighted by atomic mass is 16.4. The Morgan fingerprint density at radius 3 is 2.38 bits per heavy atom. The van der Waals surface area contributed by atoms with Crippen LogP contribution in [0.4, 0.5) is 0 Å². The van der Waals surface area contributed by atoms with Crippen LogP contribution in [0.25, 0.3) is 0 Å². The van der Waals surface area contributed by atoms with E-state index >= 15 is 0 Å². The van der Waals surface area contributed by atoms with Crippen LogP contribution in [0.3, 0.4) is 0 Å². The summed E-state index contributed by atoms with van der Waals surface area (Å²) in [5, 5.41) is 22.0. The van der Waals surface area contributed by atoms with Gasteiger partial charge in [-0.2, -0.15) is 0 Å². The molecule has 3 unspecified atom stereocenters. The van der Waals surface area contributed by atoms with E-state index in [4.69, 9.17) is 0 Å². The van der Waals surface area contributed by atoms with Crippen molar-refractivity contribution in [3.63, 3.8) is 0 Å². The lowest BCUT2D eigenvalue weighted by molar-refractivity contribution is -0.151. The Morgan fingerprint density at radius 1 is 1.07 bits per heavy atom. The summed E-state index contributed by atoms with van der Waals surface area (Å²) in [6.07, 6.45) is 0.873. The number of hydrogen-bond acceptors (Lipinski definition) is 4. The van der Waals surface area contributed by atoms with E-state index < -0.39 is 36.0 Å². The summed E-state index contributed by atoms with van der Waals surface area (Å²) >= 11 is 0. The molecule has 1 heterocycles. The highest BCUT2D eigenvalue weighted by Crippen LogP contribution is 2.34. The number of aryl methyl sites for hydroxylation is 1. The fraction of sp³-hybridized carbons (Fsp3) is 0.318.